The van der Waals surface area contributed by atoms with Crippen LogP contribution in [0.2, 0.25) is 0 Å². The molecule has 3 rings (SSSR count). The van der Waals surface area contributed by atoms with Gasteiger partial charge in [0, 0.05) is 23.2 Å². The molecule has 10 heteroatoms. The Labute approximate surface area is 183 Å². The average molecular weight is 462 g/mol. The van der Waals surface area contributed by atoms with Crippen LogP contribution in [0.15, 0.2) is 53.4 Å². The first-order valence-corrected chi connectivity index (χ1v) is 11.4. The zero-order valence-electron chi connectivity index (χ0n) is 16.9. The number of amides is 2. The highest BCUT2D eigenvalue weighted by Crippen LogP contribution is 2.32. The molecular formula is C21H20FN3O4S2. The SMILES string of the molecule is CNC(=O)c1c(NC(=O)c2ccc(NS(=O)(=O)c3ccc(F)cc3)cc2)sc(C)c1C. The fourth-order valence-corrected chi connectivity index (χ4v) is 4.92. The number of carbonyl (C=O) groups is 2. The molecule has 0 unspecified atom stereocenters. The standard InChI is InChI=1S/C21H20FN3O4S2/c1-12-13(2)30-21(18(12)20(27)23-3)24-19(26)14-4-8-16(9-5-14)25-31(28,29)17-10-6-15(22)7-11-17/h4-11,25H,1-3H3,(H,23,27)(H,24,26). The zero-order valence-corrected chi connectivity index (χ0v) is 18.6. The highest BCUT2D eigenvalue weighted by molar-refractivity contribution is 7.92. The molecule has 31 heavy (non-hydrogen) atoms. The third-order valence-corrected chi connectivity index (χ3v) is 7.11. The maximum absolute atomic E-state index is 13.0. The maximum Gasteiger partial charge on any atom is 0.261 e. The highest BCUT2D eigenvalue weighted by atomic mass is 32.2. The smallest absolute Gasteiger partial charge is 0.261 e. The number of hydrogen-bond donors (Lipinski definition) is 3. The number of rotatable bonds is 6. The van der Waals surface area contributed by atoms with E-state index in [4.69, 9.17) is 0 Å². The normalized spacial score (nSPS) is 11.1. The van der Waals surface area contributed by atoms with Crippen LogP contribution in [0.5, 0.6) is 0 Å². The van der Waals surface area contributed by atoms with Gasteiger partial charge in [-0.1, -0.05) is 0 Å². The van der Waals surface area contributed by atoms with Gasteiger partial charge in [0.15, 0.2) is 0 Å². The Bertz CT molecular complexity index is 1230. The second-order valence-corrected chi connectivity index (χ2v) is 9.56. The second kappa shape index (κ2) is 8.86. The van der Waals surface area contributed by atoms with Crippen LogP contribution < -0.4 is 15.4 Å². The van der Waals surface area contributed by atoms with Crippen molar-refractivity contribution >= 4 is 43.9 Å². The van der Waals surface area contributed by atoms with E-state index in [0.29, 0.717) is 10.6 Å². The number of anilines is 2. The van der Waals surface area contributed by atoms with Crippen LogP contribution in [0.4, 0.5) is 15.1 Å². The zero-order chi connectivity index (χ0) is 22.8. The molecule has 0 fully saturated rings. The van der Waals surface area contributed by atoms with E-state index < -0.39 is 21.7 Å². The van der Waals surface area contributed by atoms with Crippen molar-refractivity contribution in [2.24, 2.45) is 0 Å². The minimum Gasteiger partial charge on any atom is -0.355 e. The van der Waals surface area contributed by atoms with Gasteiger partial charge in [0.25, 0.3) is 21.8 Å². The van der Waals surface area contributed by atoms with Crippen molar-refractivity contribution in [3.05, 3.63) is 75.9 Å². The lowest BCUT2D eigenvalue weighted by molar-refractivity contribution is 0.0963. The van der Waals surface area contributed by atoms with Crippen molar-refractivity contribution in [3.8, 4) is 0 Å². The van der Waals surface area contributed by atoms with E-state index in [0.717, 1.165) is 34.7 Å². The Kier molecular flexibility index (Phi) is 6.42. The molecule has 0 spiro atoms. The molecule has 2 aromatic carbocycles. The second-order valence-electron chi connectivity index (χ2n) is 6.66. The lowest BCUT2D eigenvalue weighted by atomic mass is 10.1. The largest absolute Gasteiger partial charge is 0.355 e. The molecule has 0 saturated heterocycles. The predicted molar refractivity (Wildman–Crippen MR) is 119 cm³/mol. The monoisotopic (exact) mass is 461 g/mol. The van der Waals surface area contributed by atoms with Gasteiger partial charge in [-0.3, -0.25) is 14.3 Å². The summed E-state index contributed by atoms with van der Waals surface area (Å²) in [5.74, 6) is -1.26. The maximum atomic E-state index is 13.0. The molecule has 0 radical (unpaired) electrons. The van der Waals surface area contributed by atoms with E-state index in [1.54, 1.807) is 0 Å². The summed E-state index contributed by atoms with van der Waals surface area (Å²) in [6.45, 7) is 3.68. The van der Waals surface area contributed by atoms with Crippen LogP contribution >= 0.6 is 11.3 Å². The quantitative estimate of drug-likeness (QED) is 0.518. The molecule has 2 amide bonds. The minimum absolute atomic E-state index is 0.0825. The number of benzene rings is 2. The van der Waals surface area contributed by atoms with E-state index in [1.807, 2.05) is 13.8 Å². The third kappa shape index (κ3) is 4.92. The number of carbonyl (C=O) groups excluding carboxylic acids is 2. The van der Waals surface area contributed by atoms with Gasteiger partial charge < -0.3 is 10.6 Å². The first-order chi connectivity index (χ1) is 14.6. The van der Waals surface area contributed by atoms with Gasteiger partial charge >= 0.3 is 0 Å². The Hall–Kier alpha value is -3.24. The molecule has 7 nitrogen and oxygen atoms in total. The van der Waals surface area contributed by atoms with Crippen molar-refractivity contribution in [3.63, 3.8) is 0 Å². The lowest BCUT2D eigenvalue weighted by Gasteiger charge is -2.10. The van der Waals surface area contributed by atoms with E-state index in [-0.39, 0.29) is 22.1 Å². The Balaban J connectivity index is 1.76. The van der Waals surface area contributed by atoms with Gasteiger partial charge in [-0.15, -0.1) is 11.3 Å². The first kappa shape index (κ1) is 22.4. The van der Waals surface area contributed by atoms with Crippen LogP contribution in [0.1, 0.15) is 31.2 Å². The van der Waals surface area contributed by atoms with Crippen LogP contribution in [0.25, 0.3) is 0 Å². The number of aryl methyl sites for hydroxylation is 1. The number of thiophene rings is 1. The Morgan fingerprint density at radius 1 is 0.935 bits per heavy atom. The van der Waals surface area contributed by atoms with Gasteiger partial charge in [-0.25, -0.2) is 12.8 Å². The summed E-state index contributed by atoms with van der Waals surface area (Å²) in [6.07, 6.45) is 0. The summed E-state index contributed by atoms with van der Waals surface area (Å²) in [5, 5.41) is 5.76. The van der Waals surface area contributed by atoms with E-state index in [2.05, 4.69) is 15.4 Å². The molecule has 0 aliphatic rings. The molecule has 3 N–H and O–H groups in total. The van der Waals surface area contributed by atoms with Crippen molar-refractivity contribution in [1.82, 2.24) is 5.32 Å². The van der Waals surface area contributed by atoms with E-state index in [1.165, 1.54) is 42.6 Å². The van der Waals surface area contributed by atoms with Gasteiger partial charge in [-0.2, -0.15) is 0 Å². The van der Waals surface area contributed by atoms with Crippen molar-refractivity contribution < 1.29 is 22.4 Å². The molecule has 0 bridgehead atoms. The fraction of sp³-hybridized carbons (Fsp3) is 0.143. The minimum atomic E-state index is -3.89. The van der Waals surface area contributed by atoms with Crippen molar-refractivity contribution in [1.29, 1.82) is 0 Å². The number of halogens is 1. The lowest BCUT2D eigenvalue weighted by Crippen LogP contribution is -2.21. The molecule has 1 aromatic heterocycles. The van der Waals surface area contributed by atoms with Crippen LogP contribution in [0.3, 0.4) is 0 Å². The molecule has 3 aromatic rings. The molecule has 0 aliphatic carbocycles. The highest BCUT2D eigenvalue weighted by Gasteiger charge is 2.21. The molecule has 162 valence electrons. The molecule has 0 aliphatic heterocycles. The number of sulfonamides is 1. The molecule has 1 heterocycles. The van der Waals surface area contributed by atoms with Crippen LogP contribution in [0, 0.1) is 19.7 Å². The summed E-state index contributed by atoms with van der Waals surface area (Å²) in [7, 11) is -2.37. The summed E-state index contributed by atoms with van der Waals surface area (Å²) in [5.41, 5.74) is 1.75. The molecule has 0 atom stereocenters. The van der Waals surface area contributed by atoms with Gasteiger partial charge in [0.1, 0.15) is 10.8 Å². The average Bonchev–Trinajstić information content (AvgIpc) is 3.01. The number of hydrogen-bond acceptors (Lipinski definition) is 5. The third-order valence-electron chi connectivity index (χ3n) is 4.59. The van der Waals surface area contributed by atoms with Crippen LogP contribution in [-0.2, 0) is 10.0 Å². The van der Waals surface area contributed by atoms with E-state index in [9.17, 15) is 22.4 Å². The Morgan fingerprint density at radius 2 is 1.55 bits per heavy atom. The summed E-state index contributed by atoms with van der Waals surface area (Å²) < 4.78 is 40.2. The summed E-state index contributed by atoms with van der Waals surface area (Å²) in [6, 6.07) is 10.3. The first-order valence-electron chi connectivity index (χ1n) is 9.14. The van der Waals surface area contributed by atoms with Crippen molar-refractivity contribution in [2.45, 2.75) is 18.7 Å². The van der Waals surface area contributed by atoms with Gasteiger partial charge in [-0.05, 0) is 67.9 Å². The molecule has 0 saturated carbocycles. The predicted octanol–water partition coefficient (Wildman–Crippen LogP) is 3.92. The number of nitrogens with one attached hydrogen (secondary N) is 3. The van der Waals surface area contributed by atoms with Crippen LogP contribution in [-0.4, -0.2) is 27.3 Å². The summed E-state index contributed by atoms with van der Waals surface area (Å²) >= 11 is 1.31. The van der Waals surface area contributed by atoms with E-state index >= 15 is 0 Å². The summed E-state index contributed by atoms with van der Waals surface area (Å²) in [4.78, 5) is 25.6. The Morgan fingerprint density at radius 3 is 2.13 bits per heavy atom. The van der Waals surface area contributed by atoms with Gasteiger partial charge in [0.2, 0.25) is 0 Å². The van der Waals surface area contributed by atoms with Gasteiger partial charge in [0.05, 0.1) is 10.5 Å². The topological polar surface area (TPSA) is 104 Å². The van der Waals surface area contributed by atoms with Crippen molar-refractivity contribution in [2.75, 3.05) is 17.1 Å². The molecular weight excluding hydrogens is 441 g/mol. The fourth-order valence-electron chi connectivity index (χ4n) is 2.81.